The summed E-state index contributed by atoms with van der Waals surface area (Å²) in [7, 11) is -3.00. The van der Waals surface area contributed by atoms with Crippen LogP contribution in [0.15, 0.2) is 35.5 Å². The van der Waals surface area contributed by atoms with E-state index in [-0.39, 0.29) is 23.4 Å². The van der Waals surface area contributed by atoms with Gasteiger partial charge in [-0.2, -0.15) is 0 Å². The molecule has 1 fully saturated rings. The second-order valence-electron chi connectivity index (χ2n) is 5.34. The van der Waals surface area contributed by atoms with Crippen molar-refractivity contribution in [2.45, 2.75) is 23.8 Å². The molecule has 2 aromatic rings. The van der Waals surface area contributed by atoms with E-state index in [1.54, 1.807) is 6.92 Å². The van der Waals surface area contributed by atoms with Gasteiger partial charge in [0, 0.05) is 10.8 Å². The van der Waals surface area contributed by atoms with Crippen molar-refractivity contribution in [3.63, 3.8) is 0 Å². The fourth-order valence-electron chi connectivity index (χ4n) is 2.39. The Kier molecular flexibility index (Phi) is 4.91. The van der Waals surface area contributed by atoms with Crippen LogP contribution < -0.4 is 0 Å². The van der Waals surface area contributed by atoms with Crippen LogP contribution in [0.3, 0.4) is 0 Å². The first-order valence-electron chi connectivity index (χ1n) is 7.55. The van der Waals surface area contributed by atoms with Crippen LogP contribution in [0.25, 0.3) is 11.4 Å². The first-order valence-corrected chi connectivity index (χ1v) is 10.3. The number of ether oxygens (including phenoxy) is 1. The van der Waals surface area contributed by atoms with Crippen LogP contribution in [0.1, 0.15) is 13.3 Å². The molecule has 1 atom stereocenters. The highest BCUT2D eigenvalue weighted by Crippen LogP contribution is 2.31. The van der Waals surface area contributed by atoms with Crippen LogP contribution in [-0.2, 0) is 14.6 Å². The molecule has 9 heteroatoms. The zero-order valence-electron chi connectivity index (χ0n) is 13.1. The Labute approximate surface area is 144 Å². The third-order valence-corrected chi connectivity index (χ3v) is 6.70. The van der Waals surface area contributed by atoms with Crippen molar-refractivity contribution in [3.8, 4) is 11.4 Å². The summed E-state index contributed by atoms with van der Waals surface area (Å²) in [6.45, 7) is 1.94. The minimum absolute atomic E-state index is 0.0913. The summed E-state index contributed by atoms with van der Waals surface area (Å²) in [4.78, 5) is 16.5. The molecule has 1 aliphatic heterocycles. The highest BCUT2D eigenvalue weighted by Gasteiger charge is 2.31. The van der Waals surface area contributed by atoms with E-state index >= 15 is 0 Å². The third-order valence-electron chi connectivity index (χ3n) is 3.51. The van der Waals surface area contributed by atoms with Gasteiger partial charge in [0.25, 0.3) is 0 Å². The number of benzene rings is 1. The monoisotopic (exact) mass is 367 g/mol. The van der Waals surface area contributed by atoms with E-state index in [1.807, 2.05) is 30.3 Å². The van der Waals surface area contributed by atoms with Gasteiger partial charge in [-0.25, -0.2) is 18.2 Å². The minimum atomic E-state index is -3.00. The summed E-state index contributed by atoms with van der Waals surface area (Å²) in [5.41, 5.74) is 0.779. The summed E-state index contributed by atoms with van der Waals surface area (Å²) < 4.78 is 29.4. The summed E-state index contributed by atoms with van der Waals surface area (Å²) in [5, 5.41) is 4.47. The predicted molar refractivity (Wildman–Crippen MR) is 90.8 cm³/mol. The van der Waals surface area contributed by atoms with Crippen LogP contribution in [0, 0.1) is 0 Å². The molecule has 128 valence electrons. The maximum Gasteiger partial charge on any atom is 0.437 e. The molecule has 0 saturated carbocycles. The topological polar surface area (TPSA) is 91.2 Å². The van der Waals surface area contributed by atoms with Gasteiger partial charge < -0.3 is 4.74 Å². The highest BCUT2D eigenvalue weighted by atomic mass is 32.2. The SMILES string of the molecule is CCOC(=O)n1nc(-c2ccccc2)nc1SC1CCS(=O)(=O)C1. The van der Waals surface area contributed by atoms with Gasteiger partial charge in [0.15, 0.2) is 20.8 Å². The van der Waals surface area contributed by atoms with E-state index in [9.17, 15) is 13.2 Å². The molecule has 24 heavy (non-hydrogen) atoms. The molecule has 1 saturated heterocycles. The standard InChI is InChI=1S/C15H17N3O4S2/c1-2-22-15(19)18-14(23-12-8-9-24(20,21)10-12)16-13(17-18)11-6-4-3-5-7-11/h3-7,12H,2,8-10H2,1H3. The van der Waals surface area contributed by atoms with Crippen molar-refractivity contribution in [3.05, 3.63) is 30.3 Å². The number of hydrogen-bond donors (Lipinski definition) is 0. The first kappa shape index (κ1) is 17.0. The summed E-state index contributed by atoms with van der Waals surface area (Å²) >= 11 is 1.26. The number of thioether (sulfide) groups is 1. The van der Waals surface area contributed by atoms with Gasteiger partial charge in [-0.1, -0.05) is 42.1 Å². The molecular formula is C15H17N3O4S2. The first-order chi connectivity index (χ1) is 11.5. The Bertz CT molecular complexity index is 834. The van der Waals surface area contributed by atoms with Crippen molar-refractivity contribution < 1.29 is 17.9 Å². The smallest absolute Gasteiger partial charge is 0.437 e. The molecule has 0 N–H and O–H groups in total. The molecule has 1 unspecified atom stereocenters. The van der Waals surface area contributed by atoms with Crippen molar-refractivity contribution in [2.75, 3.05) is 18.1 Å². The van der Waals surface area contributed by atoms with Gasteiger partial charge in [0.2, 0.25) is 0 Å². The molecule has 0 radical (unpaired) electrons. The number of sulfone groups is 1. The quantitative estimate of drug-likeness (QED) is 0.818. The number of carbonyl (C=O) groups excluding carboxylic acids is 1. The second kappa shape index (κ2) is 6.94. The number of rotatable bonds is 4. The maximum absolute atomic E-state index is 12.1. The predicted octanol–water partition coefficient (Wildman–Crippen LogP) is 2.23. The molecular weight excluding hydrogens is 350 g/mol. The highest BCUT2D eigenvalue weighted by molar-refractivity contribution is 8.01. The van der Waals surface area contributed by atoms with E-state index in [1.165, 1.54) is 11.8 Å². The van der Waals surface area contributed by atoms with E-state index in [4.69, 9.17) is 4.74 Å². The Morgan fingerprint density at radius 1 is 1.38 bits per heavy atom. The van der Waals surface area contributed by atoms with Crippen LogP contribution in [-0.4, -0.2) is 52.6 Å². The van der Waals surface area contributed by atoms with Gasteiger partial charge in [-0.15, -0.1) is 9.78 Å². The number of hydrogen-bond acceptors (Lipinski definition) is 7. The molecule has 0 amide bonds. The van der Waals surface area contributed by atoms with Crippen molar-refractivity contribution in [2.24, 2.45) is 0 Å². The average Bonchev–Trinajstić information content (AvgIpc) is 3.12. The van der Waals surface area contributed by atoms with Gasteiger partial charge in [0.1, 0.15) is 0 Å². The second-order valence-corrected chi connectivity index (χ2v) is 8.83. The molecule has 0 aliphatic carbocycles. The van der Waals surface area contributed by atoms with Crippen LogP contribution >= 0.6 is 11.8 Å². The number of nitrogens with zero attached hydrogens (tertiary/aromatic N) is 3. The summed E-state index contributed by atoms with van der Waals surface area (Å²) in [6, 6.07) is 9.29. The number of aromatic nitrogens is 3. The van der Waals surface area contributed by atoms with Gasteiger partial charge in [-0.3, -0.25) is 0 Å². The van der Waals surface area contributed by atoms with Crippen LogP contribution in [0.2, 0.25) is 0 Å². The fraction of sp³-hybridized carbons (Fsp3) is 0.400. The lowest BCUT2D eigenvalue weighted by atomic mass is 10.2. The molecule has 1 aromatic heterocycles. The molecule has 1 aromatic carbocycles. The lowest BCUT2D eigenvalue weighted by molar-refractivity contribution is 0.147. The van der Waals surface area contributed by atoms with E-state index in [2.05, 4.69) is 10.1 Å². The average molecular weight is 367 g/mol. The zero-order chi connectivity index (χ0) is 17.2. The molecule has 0 spiro atoms. The zero-order valence-corrected chi connectivity index (χ0v) is 14.7. The van der Waals surface area contributed by atoms with Crippen LogP contribution in [0.4, 0.5) is 4.79 Å². The van der Waals surface area contributed by atoms with Gasteiger partial charge >= 0.3 is 6.09 Å². The largest absolute Gasteiger partial charge is 0.448 e. The molecule has 2 heterocycles. The summed E-state index contributed by atoms with van der Waals surface area (Å²) in [5.74, 6) is 0.671. The maximum atomic E-state index is 12.1. The van der Waals surface area contributed by atoms with Crippen molar-refractivity contribution >= 4 is 27.7 Å². The van der Waals surface area contributed by atoms with Crippen molar-refractivity contribution in [1.29, 1.82) is 0 Å². The van der Waals surface area contributed by atoms with E-state index in [0.717, 1.165) is 10.2 Å². The Balaban J connectivity index is 1.91. The Morgan fingerprint density at radius 3 is 2.75 bits per heavy atom. The van der Waals surface area contributed by atoms with Gasteiger partial charge in [0.05, 0.1) is 18.1 Å². The normalized spacial score (nSPS) is 19.3. The Morgan fingerprint density at radius 2 is 2.12 bits per heavy atom. The van der Waals surface area contributed by atoms with E-state index < -0.39 is 15.9 Å². The van der Waals surface area contributed by atoms with Gasteiger partial charge in [-0.05, 0) is 13.3 Å². The minimum Gasteiger partial charge on any atom is -0.448 e. The lowest BCUT2D eigenvalue weighted by Gasteiger charge is -2.07. The molecule has 3 rings (SSSR count). The molecule has 0 bridgehead atoms. The van der Waals surface area contributed by atoms with E-state index in [0.29, 0.717) is 17.4 Å². The third kappa shape index (κ3) is 3.78. The molecule has 1 aliphatic rings. The fourth-order valence-corrected chi connectivity index (χ4v) is 5.87. The number of carbonyl (C=O) groups is 1. The summed E-state index contributed by atoms with van der Waals surface area (Å²) in [6.07, 6.45) is -0.0702. The molecule has 7 nitrogen and oxygen atoms in total. The van der Waals surface area contributed by atoms with Crippen LogP contribution in [0.5, 0.6) is 0 Å². The lowest BCUT2D eigenvalue weighted by Crippen LogP contribution is -2.17. The Hall–Kier alpha value is -1.87. The van der Waals surface area contributed by atoms with Crippen molar-refractivity contribution in [1.82, 2.24) is 14.8 Å².